The molecule has 0 radical (unpaired) electrons. The Kier molecular flexibility index (Phi) is 7.24. The molecule has 0 saturated heterocycles. The van der Waals surface area contributed by atoms with Gasteiger partial charge in [-0.2, -0.15) is 0 Å². The average Bonchev–Trinajstić information content (AvgIpc) is 2.33. The van der Waals surface area contributed by atoms with E-state index in [4.69, 9.17) is 4.74 Å². The fourth-order valence-electron chi connectivity index (χ4n) is 1.61. The quantitative estimate of drug-likeness (QED) is 0.799. The molecule has 0 aliphatic carbocycles. The van der Waals surface area contributed by atoms with Crippen LogP contribution in [-0.2, 0) is 4.74 Å². The molecule has 4 heteroatoms. The van der Waals surface area contributed by atoms with Crippen LogP contribution in [0.2, 0.25) is 0 Å². The SMILES string of the molecule is CCN(CCNc1cccc(Br)c1)CCOC. The maximum Gasteiger partial charge on any atom is 0.0589 e. The van der Waals surface area contributed by atoms with E-state index in [2.05, 4.69) is 45.2 Å². The van der Waals surface area contributed by atoms with Gasteiger partial charge in [0.15, 0.2) is 0 Å². The fourth-order valence-corrected chi connectivity index (χ4v) is 2.00. The summed E-state index contributed by atoms with van der Waals surface area (Å²) in [5, 5.41) is 3.41. The molecular formula is C13H21BrN2O. The van der Waals surface area contributed by atoms with Gasteiger partial charge in [0.2, 0.25) is 0 Å². The molecule has 0 unspecified atom stereocenters. The third-order valence-electron chi connectivity index (χ3n) is 2.64. The molecule has 0 aliphatic rings. The van der Waals surface area contributed by atoms with E-state index in [9.17, 15) is 0 Å². The Balaban J connectivity index is 2.26. The Hall–Kier alpha value is -0.580. The van der Waals surface area contributed by atoms with Crippen LogP contribution in [0.15, 0.2) is 28.7 Å². The number of benzene rings is 1. The summed E-state index contributed by atoms with van der Waals surface area (Å²) in [6, 6.07) is 8.23. The van der Waals surface area contributed by atoms with Crippen molar-refractivity contribution >= 4 is 21.6 Å². The fraction of sp³-hybridized carbons (Fsp3) is 0.538. The minimum atomic E-state index is 0.796. The lowest BCUT2D eigenvalue weighted by molar-refractivity contribution is 0.153. The van der Waals surface area contributed by atoms with Crippen molar-refractivity contribution in [3.63, 3.8) is 0 Å². The molecular weight excluding hydrogens is 280 g/mol. The van der Waals surface area contributed by atoms with Crippen molar-refractivity contribution in [2.24, 2.45) is 0 Å². The van der Waals surface area contributed by atoms with Gasteiger partial charge in [0.05, 0.1) is 6.61 Å². The minimum absolute atomic E-state index is 0.796. The summed E-state index contributed by atoms with van der Waals surface area (Å²) in [5.74, 6) is 0. The van der Waals surface area contributed by atoms with Crippen LogP contribution in [-0.4, -0.2) is 44.8 Å². The smallest absolute Gasteiger partial charge is 0.0589 e. The third-order valence-corrected chi connectivity index (χ3v) is 3.13. The number of methoxy groups -OCH3 is 1. The van der Waals surface area contributed by atoms with Gasteiger partial charge >= 0.3 is 0 Å². The summed E-state index contributed by atoms with van der Waals surface area (Å²) in [6.07, 6.45) is 0. The third kappa shape index (κ3) is 6.05. The summed E-state index contributed by atoms with van der Waals surface area (Å²) in [4.78, 5) is 2.37. The Morgan fingerprint density at radius 2 is 2.18 bits per heavy atom. The maximum absolute atomic E-state index is 5.09. The summed E-state index contributed by atoms with van der Waals surface area (Å²) >= 11 is 3.46. The number of halogens is 1. The van der Waals surface area contributed by atoms with Crippen LogP contribution >= 0.6 is 15.9 Å². The van der Waals surface area contributed by atoms with Gasteiger partial charge < -0.3 is 10.1 Å². The summed E-state index contributed by atoms with van der Waals surface area (Å²) in [5.41, 5.74) is 1.15. The normalized spacial score (nSPS) is 10.8. The zero-order valence-corrected chi connectivity index (χ0v) is 12.2. The van der Waals surface area contributed by atoms with Crippen LogP contribution in [0.3, 0.4) is 0 Å². The van der Waals surface area contributed by atoms with Crippen molar-refractivity contribution in [2.75, 3.05) is 45.2 Å². The van der Waals surface area contributed by atoms with Crippen molar-refractivity contribution in [1.29, 1.82) is 0 Å². The van der Waals surface area contributed by atoms with Gasteiger partial charge in [-0.3, -0.25) is 4.90 Å². The highest BCUT2D eigenvalue weighted by Gasteiger charge is 2.01. The predicted molar refractivity (Wildman–Crippen MR) is 76.6 cm³/mol. The van der Waals surface area contributed by atoms with E-state index < -0.39 is 0 Å². The number of hydrogen-bond donors (Lipinski definition) is 1. The van der Waals surface area contributed by atoms with E-state index in [1.165, 1.54) is 0 Å². The van der Waals surface area contributed by atoms with Crippen LogP contribution in [0.1, 0.15) is 6.92 Å². The molecule has 1 N–H and O–H groups in total. The molecule has 1 aromatic rings. The van der Waals surface area contributed by atoms with E-state index in [-0.39, 0.29) is 0 Å². The maximum atomic E-state index is 5.09. The van der Waals surface area contributed by atoms with Crippen molar-refractivity contribution in [2.45, 2.75) is 6.92 Å². The second-order valence-corrected chi connectivity index (χ2v) is 4.78. The molecule has 0 aliphatic heterocycles. The largest absolute Gasteiger partial charge is 0.384 e. The number of nitrogens with zero attached hydrogens (tertiary/aromatic N) is 1. The van der Waals surface area contributed by atoms with Gasteiger partial charge in [0.25, 0.3) is 0 Å². The van der Waals surface area contributed by atoms with Crippen molar-refractivity contribution in [3.8, 4) is 0 Å². The first-order chi connectivity index (χ1) is 8.26. The average molecular weight is 301 g/mol. The summed E-state index contributed by atoms with van der Waals surface area (Å²) < 4.78 is 6.19. The first kappa shape index (κ1) is 14.5. The second-order valence-electron chi connectivity index (χ2n) is 3.86. The second kappa shape index (κ2) is 8.50. The first-order valence-electron chi connectivity index (χ1n) is 5.97. The van der Waals surface area contributed by atoms with Crippen molar-refractivity contribution in [3.05, 3.63) is 28.7 Å². The van der Waals surface area contributed by atoms with Crippen LogP contribution in [0.25, 0.3) is 0 Å². The first-order valence-corrected chi connectivity index (χ1v) is 6.76. The molecule has 0 heterocycles. The number of nitrogens with one attached hydrogen (secondary N) is 1. The lowest BCUT2D eigenvalue weighted by Gasteiger charge is -2.20. The number of ether oxygens (including phenoxy) is 1. The highest BCUT2D eigenvalue weighted by atomic mass is 79.9. The Bertz CT molecular complexity index is 320. The summed E-state index contributed by atoms with van der Waals surface area (Å²) in [7, 11) is 1.74. The van der Waals surface area contributed by atoms with Crippen molar-refractivity contribution in [1.82, 2.24) is 4.90 Å². The zero-order chi connectivity index (χ0) is 12.5. The van der Waals surface area contributed by atoms with Crippen LogP contribution in [0.5, 0.6) is 0 Å². The molecule has 0 amide bonds. The lowest BCUT2D eigenvalue weighted by atomic mass is 10.3. The standard InChI is InChI=1S/C13H21BrN2O/c1-3-16(9-10-17-2)8-7-15-13-6-4-5-12(14)11-13/h4-6,11,15H,3,7-10H2,1-2H3. The monoisotopic (exact) mass is 300 g/mol. The van der Waals surface area contributed by atoms with E-state index in [1.54, 1.807) is 7.11 Å². The molecule has 1 aromatic carbocycles. The highest BCUT2D eigenvalue weighted by molar-refractivity contribution is 9.10. The number of anilines is 1. The van der Waals surface area contributed by atoms with Crippen LogP contribution < -0.4 is 5.32 Å². The lowest BCUT2D eigenvalue weighted by Crippen LogP contribution is -2.31. The molecule has 1 rings (SSSR count). The van der Waals surface area contributed by atoms with Gasteiger partial charge in [-0.25, -0.2) is 0 Å². The molecule has 0 atom stereocenters. The van der Waals surface area contributed by atoms with Gasteiger partial charge in [0, 0.05) is 36.9 Å². The van der Waals surface area contributed by atoms with Crippen LogP contribution in [0, 0.1) is 0 Å². The minimum Gasteiger partial charge on any atom is -0.384 e. The number of hydrogen-bond acceptors (Lipinski definition) is 3. The Morgan fingerprint density at radius 1 is 1.35 bits per heavy atom. The Labute approximate surface area is 112 Å². The predicted octanol–water partition coefficient (Wildman–Crippen LogP) is 2.83. The van der Waals surface area contributed by atoms with E-state index in [0.29, 0.717) is 0 Å². The summed E-state index contributed by atoms with van der Waals surface area (Å²) in [6.45, 7) is 7.01. The molecule has 3 nitrogen and oxygen atoms in total. The highest BCUT2D eigenvalue weighted by Crippen LogP contribution is 2.15. The molecule has 0 aromatic heterocycles. The molecule has 0 saturated carbocycles. The van der Waals surface area contributed by atoms with Gasteiger partial charge in [-0.05, 0) is 24.7 Å². The molecule has 17 heavy (non-hydrogen) atoms. The van der Waals surface area contributed by atoms with E-state index >= 15 is 0 Å². The van der Waals surface area contributed by atoms with Gasteiger partial charge in [-0.1, -0.05) is 28.9 Å². The van der Waals surface area contributed by atoms with Crippen molar-refractivity contribution < 1.29 is 4.74 Å². The molecule has 0 spiro atoms. The number of likely N-dealkylation sites (N-methyl/N-ethyl adjacent to an activating group) is 1. The molecule has 0 bridgehead atoms. The van der Waals surface area contributed by atoms with Gasteiger partial charge in [-0.15, -0.1) is 0 Å². The Morgan fingerprint density at radius 3 is 2.82 bits per heavy atom. The number of rotatable bonds is 8. The van der Waals surface area contributed by atoms with Crippen LogP contribution in [0.4, 0.5) is 5.69 Å². The zero-order valence-electron chi connectivity index (χ0n) is 10.6. The topological polar surface area (TPSA) is 24.5 Å². The molecule has 0 fully saturated rings. The van der Waals surface area contributed by atoms with Gasteiger partial charge in [0.1, 0.15) is 0 Å². The van der Waals surface area contributed by atoms with E-state index in [0.717, 1.165) is 42.9 Å². The molecule has 96 valence electrons. The van der Waals surface area contributed by atoms with E-state index in [1.807, 2.05) is 12.1 Å².